The molecule has 1 amide bonds. The van der Waals surface area contributed by atoms with Crippen LogP contribution in [0.15, 0.2) is 59.0 Å². The summed E-state index contributed by atoms with van der Waals surface area (Å²) in [7, 11) is 0. The first-order chi connectivity index (χ1) is 13.1. The number of para-hydroxylation sites is 1. The number of furan rings is 1. The van der Waals surface area contributed by atoms with Gasteiger partial charge in [-0.15, -0.1) is 0 Å². The molecule has 0 unspecified atom stereocenters. The monoisotopic (exact) mass is 363 g/mol. The van der Waals surface area contributed by atoms with Crippen molar-refractivity contribution in [2.24, 2.45) is 0 Å². The summed E-state index contributed by atoms with van der Waals surface area (Å²) < 4.78 is 5.92. The number of carbonyl (C=O) groups excluding carboxylic acids is 1. The number of nitrogens with zero attached hydrogens (tertiary/aromatic N) is 1. The number of benzene rings is 2. The average Bonchev–Trinajstić information content (AvgIpc) is 3.12. The van der Waals surface area contributed by atoms with Crippen LogP contribution in [0.25, 0.3) is 22.3 Å². The first kappa shape index (κ1) is 17.8. The molecule has 3 aromatic rings. The molecule has 1 aliphatic rings. The average molecular weight is 363 g/mol. The molecule has 1 aromatic heterocycles. The van der Waals surface area contributed by atoms with E-state index in [0.29, 0.717) is 38.8 Å². The molecule has 1 aliphatic heterocycles. The van der Waals surface area contributed by atoms with Crippen LogP contribution in [0.5, 0.6) is 0 Å². The van der Waals surface area contributed by atoms with Crippen molar-refractivity contribution in [2.75, 3.05) is 13.1 Å². The quantitative estimate of drug-likeness (QED) is 0.747. The fourth-order valence-electron chi connectivity index (χ4n) is 3.86. The SMILES string of the molecule is CCC(=O)N1CCC(O)(Cc2ccc(-c3cc4ccccc4o3)cc2)CC1. The van der Waals surface area contributed by atoms with E-state index in [2.05, 4.69) is 18.2 Å². The molecule has 0 aliphatic carbocycles. The second kappa shape index (κ2) is 7.20. The van der Waals surface area contributed by atoms with Gasteiger partial charge in [0.1, 0.15) is 11.3 Å². The number of fused-ring (bicyclic) bond motifs is 1. The second-order valence-electron chi connectivity index (χ2n) is 7.48. The Morgan fingerprint density at radius 1 is 1.11 bits per heavy atom. The zero-order valence-corrected chi connectivity index (χ0v) is 15.6. The summed E-state index contributed by atoms with van der Waals surface area (Å²) in [6.45, 7) is 3.16. The van der Waals surface area contributed by atoms with Crippen molar-refractivity contribution in [3.05, 3.63) is 60.2 Å². The Morgan fingerprint density at radius 3 is 2.48 bits per heavy atom. The van der Waals surface area contributed by atoms with E-state index in [-0.39, 0.29) is 5.91 Å². The fourth-order valence-corrected chi connectivity index (χ4v) is 3.86. The summed E-state index contributed by atoms with van der Waals surface area (Å²) in [6, 6.07) is 18.3. The summed E-state index contributed by atoms with van der Waals surface area (Å²) in [4.78, 5) is 13.7. The van der Waals surface area contributed by atoms with Gasteiger partial charge in [-0.25, -0.2) is 0 Å². The van der Waals surface area contributed by atoms with Gasteiger partial charge in [0.2, 0.25) is 5.91 Å². The number of hydrogen-bond donors (Lipinski definition) is 1. The minimum absolute atomic E-state index is 0.173. The molecule has 0 saturated carbocycles. The van der Waals surface area contributed by atoms with Crippen LogP contribution < -0.4 is 0 Å². The van der Waals surface area contributed by atoms with Gasteiger partial charge >= 0.3 is 0 Å². The molecule has 2 heterocycles. The van der Waals surface area contributed by atoms with Crippen LogP contribution in [-0.4, -0.2) is 34.6 Å². The molecule has 1 fully saturated rings. The maximum Gasteiger partial charge on any atom is 0.222 e. The van der Waals surface area contributed by atoms with Gasteiger partial charge in [0.25, 0.3) is 0 Å². The Bertz CT molecular complexity index is 901. The highest BCUT2D eigenvalue weighted by atomic mass is 16.3. The Morgan fingerprint density at radius 2 is 1.81 bits per heavy atom. The third-order valence-electron chi connectivity index (χ3n) is 5.55. The molecule has 1 saturated heterocycles. The molecular formula is C23H25NO3. The molecule has 2 aromatic carbocycles. The summed E-state index contributed by atoms with van der Waals surface area (Å²) in [5.74, 6) is 1.03. The largest absolute Gasteiger partial charge is 0.456 e. The van der Waals surface area contributed by atoms with Gasteiger partial charge in [0, 0.05) is 36.9 Å². The zero-order chi connectivity index (χ0) is 18.9. The minimum atomic E-state index is -0.731. The van der Waals surface area contributed by atoms with E-state index in [1.54, 1.807) is 0 Å². The lowest BCUT2D eigenvalue weighted by Crippen LogP contribution is -2.47. The van der Waals surface area contributed by atoms with Gasteiger partial charge in [-0.2, -0.15) is 0 Å². The Balaban J connectivity index is 1.44. The first-order valence-electron chi connectivity index (χ1n) is 9.64. The normalized spacial score (nSPS) is 16.6. The van der Waals surface area contributed by atoms with E-state index in [0.717, 1.165) is 27.9 Å². The van der Waals surface area contributed by atoms with Gasteiger partial charge in [0.15, 0.2) is 0 Å². The lowest BCUT2D eigenvalue weighted by Gasteiger charge is -2.38. The Kier molecular flexibility index (Phi) is 4.75. The van der Waals surface area contributed by atoms with Crippen molar-refractivity contribution in [3.63, 3.8) is 0 Å². The van der Waals surface area contributed by atoms with Gasteiger partial charge in [0.05, 0.1) is 5.60 Å². The van der Waals surface area contributed by atoms with Gasteiger partial charge in [-0.05, 0) is 30.5 Å². The Hall–Kier alpha value is -2.59. The highest BCUT2D eigenvalue weighted by molar-refractivity contribution is 5.82. The van der Waals surface area contributed by atoms with Crippen LogP contribution in [0.4, 0.5) is 0 Å². The number of hydrogen-bond acceptors (Lipinski definition) is 3. The molecule has 1 N–H and O–H groups in total. The minimum Gasteiger partial charge on any atom is -0.456 e. The van der Waals surface area contributed by atoms with Gasteiger partial charge in [-0.1, -0.05) is 49.4 Å². The van der Waals surface area contributed by atoms with E-state index >= 15 is 0 Å². The van der Waals surface area contributed by atoms with Gasteiger partial charge in [-0.3, -0.25) is 4.79 Å². The highest BCUT2D eigenvalue weighted by Crippen LogP contribution is 2.30. The van der Waals surface area contributed by atoms with E-state index in [9.17, 15) is 9.90 Å². The van der Waals surface area contributed by atoms with Crippen molar-refractivity contribution < 1.29 is 14.3 Å². The van der Waals surface area contributed by atoms with E-state index in [1.807, 2.05) is 48.2 Å². The van der Waals surface area contributed by atoms with E-state index < -0.39 is 5.60 Å². The zero-order valence-electron chi connectivity index (χ0n) is 15.6. The number of likely N-dealkylation sites (tertiary alicyclic amines) is 1. The maximum atomic E-state index is 11.8. The smallest absolute Gasteiger partial charge is 0.222 e. The predicted octanol–water partition coefficient (Wildman–Crippen LogP) is 4.41. The van der Waals surface area contributed by atoms with Crippen molar-refractivity contribution >= 4 is 16.9 Å². The predicted molar refractivity (Wildman–Crippen MR) is 106 cm³/mol. The third-order valence-corrected chi connectivity index (χ3v) is 5.55. The topological polar surface area (TPSA) is 53.7 Å². The third kappa shape index (κ3) is 3.76. The molecule has 0 radical (unpaired) electrons. The summed E-state index contributed by atoms with van der Waals surface area (Å²) >= 11 is 0. The molecule has 4 rings (SSSR count). The number of carbonyl (C=O) groups is 1. The lowest BCUT2D eigenvalue weighted by molar-refractivity contribution is -0.135. The summed E-state index contributed by atoms with van der Waals surface area (Å²) in [5, 5.41) is 12.0. The van der Waals surface area contributed by atoms with Crippen LogP contribution in [0.3, 0.4) is 0 Å². The van der Waals surface area contributed by atoms with Crippen molar-refractivity contribution in [1.82, 2.24) is 4.90 Å². The molecule has 4 heteroatoms. The number of amides is 1. The summed E-state index contributed by atoms with van der Waals surface area (Å²) in [6.07, 6.45) is 2.40. The molecule has 140 valence electrons. The van der Waals surface area contributed by atoms with E-state index in [1.165, 1.54) is 0 Å². The van der Waals surface area contributed by atoms with E-state index in [4.69, 9.17) is 4.42 Å². The molecular weight excluding hydrogens is 338 g/mol. The summed E-state index contributed by atoms with van der Waals surface area (Å²) in [5.41, 5.74) is 2.29. The maximum absolute atomic E-state index is 11.8. The van der Waals surface area contributed by atoms with Crippen molar-refractivity contribution in [2.45, 2.75) is 38.2 Å². The highest BCUT2D eigenvalue weighted by Gasteiger charge is 2.33. The number of rotatable bonds is 4. The first-order valence-corrected chi connectivity index (χ1v) is 9.64. The van der Waals surface area contributed by atoms with Crippen LogP contribution in [0, 0.1) is 0 Å². The Labute approximate surface area is 159 Å². The molecule has 27 heavy (non-hydrogen) atoms. The van der Waals surface area contributed by atoms with Crippen LogP contribution in [-0.2, 0) is 11.2 Å². The molecule has 4 nitrogen and oxygen atoms in total. The lowest BCUT2D eigenvalue weighted by atomic mass is 9.85. The van der Waals surface area contributed by atoms with Crippen LogP contribution >= 0.6 is 0 Å². The van der Waals surface area contributed by atoms with Gasteiger partial charge < -0.3 is 14.4 Å². The number of aliphatic hydroxyl groups is 1. The standard InChI is InChI=1S/C23H25NO3/c1-2-22(25)24-13-11-23(26,12-14-24)16-17-7-9-18(10-8-17)21-15-19-5-3-4-6-20(19)27-21/h3-10,15,26H,2,11-14,16H2,1H3. The van der Waals surface area contributed by atoms with Crippen molar-refractivity contribution in [1.29, 1.82) is 0 Å². The van der Waals surface area contributed by atoms with Crippen LogP contribution in [0.1, 0.15) is 31.7 Å². The molecule has 0 bridgehead atoms. The number of piperidine rings is 1. The molecule has 0 atom stereocenters. The van der Waals surface area contributed by atoms with Crippen molar-refractivity contribution in [3.8, 4) is 11.3 Å². The van der Waals surface area contributed by atoms with Crippen LogP contribution in [0.2, 0.25) is 0 Å². The fraction of sp³-hybridized carbons (Fsp3) is 0.348. The molecule has 0 spiro atoms. The second-order valence-corrected chi connectivity index (χ2v) is 7.48.